The normalized spacial score (nSPS) is 13.1. The van der Waals surface area contributed by atoms with Crippen molar-refractivity contribution in [3.05, 3.63) is 233 Å². The molecule has 0 aliphatic rings. The molecular formula is C63H54IrN3O. The van der Waals surface area contributed by atoms with E-state index in [1.165, 1.54) is 6.20 Å². The van der Waals surface area contributed by atoms with Crippen LogP contribution in [-0.4, -0.2) is 15.0 Å². The van der Waals surface area contributed by atoms with Crippen LogP contribution in [-0.2, 0) is 56.5 Å². The number of hydrogen-bond donors (Lipinski definition) is 0. The number of pyridine rings is 3. The molecule has 0 fully saturated rings. The zero-order valence-corrected chi connectivity index (χ0v) is 41.6. The minimum atomic E-state index is -2.56. The van der Waals surface area contributed by atoms with Gasteiger partial charge in [-0.25, -0.2) is 0 Å². The molecule has 0 spiro atoms. The van der Waals surface area contributed by atoms with Crippen LogP contribution in [0.3, 0.4) is 0 Å². The number of furan rings is 1. The average Bonchev–Trinajstić information content (AvgIpc) is 3.74. The van der Waals surface area contributed by atoms with Gasteiger partial charge in [0.1, 0.15) is 5.58 Å². The maximum atomic E-state index is 9.98. The first kappa shape index (κ1) is 41.4. The summed E-state index contributed by atoms with van der Waals surface area (Å²) in [6, 6.07) is 59.3. The Morgan fingerprint density at radius 1 is 0.515 bits per heavy atom. The number of nitrogens with zero attached hydrogens (tertiary/aromatic N) is 3. The summed E-state index contributed by atoms with van der Waals surface area (Å²) in [6.07, 6.45) is 1.38. The third-order valence-electron chi connectivity index (χ3n) is 12.8. The summed E-state index contributed by atoms with van der Waals surface area (Å²) >= 11 is 0. The molecule has 0 atom stereocenters. The number of benzene rings is 6. The monoisotopic (exact) mass is 1070 g/mol. The summed E-state index contributed by atoms with van der Waals surface area (Å²) in [4.78, 5) is 14.6. The summed E-state index contributed by atoms with van der Waals surface area (Å²) in [7, 11) is 0. The zero-order chi connectivity index (χ0) is 49.7. The molecule has 6 aromatic carbocycles. The van der Waals surface area contributed by atoms with Crippen molar-refractivity contribution < 1.29 is 30.0 Å². The molecule has 0 saturated carbocycles. The first-order valence-corrected chi connectivity index (χ1v) is 22.9. The Bertz CT molecular complexity index is 3450. The average molecular weight is 1070 g/mol. The number of hydrogen-bond acceptors (Lipinski definition) is 4. The third-order valence-corrected chi connectivity index (χ3v) is 12.8. The predicted octanol–water partition coefficient (Wildman–Crippen LogP) is 15.3. The van der Waals surface area contributed by atoms with Crippen molar-refractivity contribution in [2.45, 2.75) is 78.0 Å². The topological polar surface area (TPSA) is 51.8 Å². The van der Waals surface area contributed by atoms with Crippen LogP contribution < -0.4 is 0 Å². The van der Waals surface area contributed by atoms with Gasteiger partial charge in [-0.1, -0.05) is 144 Å². The van der Waals surface area contributed by atoms with Gasteiger partial charge in [-0.2, -0.15) is 0 Å². The maximum Gasteiger partial charge on any atom is 3.00 e. The molecule has 0 radical (unpaired) electrons. The smallest absolute Gasteiger partial charge is 0.500 e. The Morgan fingerprint density at radius 3 is 1.66 bits per heavy atom. The molecule has 0 amide bonds. The molecule has 5 heteroatoms. The van der Waals surface area contributed by atoms with E-state index >= 15 is 0 Å². The Morgan fingerprint density at radius 2 is 1.07 bits per heavy atom. The number of fused-ring (bicyclic) bond motifs is 3. The number of aryl methyl sites for hydroxylation is 4. The van der Waals surface area contributed by atoms with Gasteiger partial charge in [0.05, 0.1) is 5.58 Å². The van der Waals surface area contributed by atoms with E-state index in [4.69, 9.17) is 19.4 Å². The molecule has 0 bridgehead atoms. The summed E-state index contributed by atoms with van der Waals surface area (Å²) < 4.78 is 45.9. The van der Waals surface area contributed by atoms with Gasteiger partial charge in [0.2, 0.25) is 0 Å². The van der Waals surface area contributed by atoms with Gasteiger partial charge in [0.15, 0.2) is 0 Å². The molecule has 0 unspecified atom stereocenters. The van der Waals surface area contributed by atoms with E-state index in [-0.39, 0.29) is 31.2 Å². The van der Waals surface area contributed by atoms with E-state index in [1.807, 2.05) is 134 Å². The summed E-state index contributed by atoms with van der Waals surface area (Å²) in [5.74, 6) is 0. The van der Waals surface area contributed by atoms with Crippen LogP contribution in [0.4, 0.5) is 0 Å². The summed E-state index contributed by atoms with van der Waals surface area (Å²) in [5, 5.41) is 1.91. The Labute approximate surface area is 420 Å². The van der Waals surface area contributed by atoms with Gasteiger partial charge in [-0.15, -0.1) is 94.5 Å². The zero-order valence-electron chi connectivity index (χ0n) is 43.2. The van der Waals surface area contributed by atoms with Crippen molar-refractivity contribution in [1.82, 2.24) is 15.0 Å². The van der Waals surface area contributed by atoms with E-state index < -0.39 is 23.6 Å². The second kappa shape index (κ2) is 19.4. The fourth-order valence-electron chi connectivity index (χ4n) is 9.14. The molecule has 4 aromatic heterocycles. The molecule has 0 N–H and O–H groups in total. The van der Waals surface area contributed by atoms with Crippen LogP contribution in [0.15, 0.2) is 175 Å². The standard InChI is InChI=1S/C63H54N3O.Ir/c1-42-14-12-18-48(30-42)57-27-25-52(40-65-57)62(3,4)37-45-32-44(33-46(34-45)38-63(5,6)53-26-28-58(66-41-53)49-19-13-15-43(2)31-49)22-23-51-39-64-59(36-55(51)47-16-8-7-9-17-47)50-24-29-61-56(35-50)54-20-10-11-21-60(54)67-61;/h7-17,20-21,25-36,39-41H,22-23,37-38H2,1-6H3;/q-3;+3/i22D2,23D2;. The predicted molar refractivity (Wildman–Crippen MR) is 275 cm³/mol. The first-order chi connectivity index (χ1) is 33.9. The van der Waals surface area contributed by atoms with Crippen LogP contribution in [0, 0.1) is 32.0 Å². The van der Waals surface area contributed by atoms with Gasteiger partial charge in [0, 0.05) is 29.5 Å². The molecule has 336 valence electrons. The summed E-state index contributed by atoms with van der Waals surface area (Å²) in [5.41, 5.74) is 13.4. The first-order valence-electron chi connectivity index (χ1n) is 24.9. The number of aromatic nitrogens is 3. The van der Waals surface area contributed by atoms with Crippen molar-refractivity contribution in [2.75, 3.05) is 0 Å². The van der Waals surface area contributed by atoms with E-state index in [0.29, 0.717) is 29.7 Å². The third kappa shape index (κ3) is 10.1. The minimum absolute atomic E-state index is 0. The number of para-hydroxylation sites is 1. The Kier molecular flexibility index (Phi) is 11.8. The maximum absolute atomic E-state index is 9.98. The Hall–Kier alpha value is -6.78. The molecule has 10 rings (SSSR count). The van der Waals surface area contributed by atoms with Gasteiger partial charge in [-0.3, -0.25) is 0 Å². The van der Waals surface area contributed by atoms with Crippen molar-refractivity contribution >= 4 is 21.9 Å². The van der Waals surface area contributed by atoms with Crippen LogP contribution in [0.5, 0.6) is 0 Å². The van der Waals surface area contributed by atoms with Crippen molar-refractivity contribution in [1.29, 1.82) is 0 Å². The van der Waals surface area contributed by atoms with Crippen LogP contribution in [0.2, 0.25) is 0 Å². The Balaban J connectivity index is 0.00000640. The molecule has 4 heterocycles. The SMILES string of the molecule is [2H]C([2H])(c1cc(CC(C)(C)c2ccc(-c3[c-]ccc(C)c3)nc2)cc(CC(C)(C)c2ccc(-c3[c-]ccc(C)c3)nc2)c1)C([2H])([2H])c1cnc(-c2[c-]cc3oc4ccccc4c3c2)cc1-c1ccccc1.[Ir+3]. The van der Waals surface area contributed by atoms with Gasteiger partial charge >= 0.3 is 20.1 Å². The molecular weight excluding hydrogens is 1010 g/mol. The largest absolute Gasteiger partial charge is 3.00 e. The molecule has 4 nitrogen and oxygen atoms in total. The van der Waals surface area contributed by atoms with E-state index in [1.54, 1.807) is 0 Å². The van der Waals surface area contributed by atoms with Crippen molar-refractivity contribution in [2.24, 2.45) is 0 Å². The molecule has 0 aliphatic heterocycles. The van der Waals surface area contributed by atoms with Gasteiger partial charge in [-0.05, 0) is 104 Å². The molecule has 68 heavy (non-hydrogen) atoms. The van der Waals surface area contributed by atoms with Crippen molar-refractivity contribution in [3.63, 3.8) is 0 Å². The fraction of sp³-hybridized carbons (Fsp3) is 0.190. The van der Waals surface area contributed by atoms with E-state index in [2.05, 4.69) is 90.1 Å². The quantitative estimate of drug-likeness (QED) is 0.108. The van der Waals surface area contributed by atoms with E-state index in [9.17, 15) is 5.48 Å². The van der Waals surface area contributed by atoms with Gasteiger partial charge in [0.25, 0.3) is 0 Å². The molecule has 0 saturated heterocycles. The van der Waals surface area contributed by atoms with Crippen LogP contribution in [0.1, 0.15) is 77.7 Å². The van der Waals surface area contributed by atoms with Crippen molar-refractivity contribution in [3.8, 4) is 44.9 Å². The molecule has 10 aromatic rings. The molecule has 0 aliphatic carbocycles. The summed E-state index contributed by atoms with van der Waals surface area (Å²) in [6.45, 7) is 12.8. The minimum Gasteiger partial charge on any atom is -0.500 e. The van der Waals surface area contributed by atoms with Gasteiger partial charge < -0.3 is 19.4 Å². The van der Waals surface area contributed by atoms with E-state index in [0.717, 1.165) is 83.4 Å². The van der Waals surface area contributed by atoms with Crippen LogP contribution >= 0.6 is 0 Å². The number of rotatable bonds is 13. The second-order valence-corrected chi connectivity index (χ2v) is 19.0. The second-order valence-electron chi connectivity index (χ2n) is 19.0. The van der Waals surface area contributed by atoms with Crippen LogP contribution in [0.25, 0.3) is 66.8 Å². The fourth-order valence-corrected chi connectivity index (χ4v) is 9.14.